The molecule has 0 spiro atoms. The molecular formula is C10H15N5O. The third kappa shape index (κ3) is 1.60. The Morgan fingerprint density at radius 1 is 1.19 bits per heavy atom. The van der Waals surface area contributed by atoms with Crippen LogP contribution >= 0.6 is 0 Å². The first-order valence-electron chi connectivity index (χ1n) is 5.34. The van der Waals surface area contributed by atoms with Crippen LogP contribution < -0.4 is 5.69 Å². The minimum Gasteiger partial charge on any atom is -0.244 e. The predicted molar refractivity (Wildman–Crippen MR) is 59.5 cm³/mol. The Hall–Kier alpha value is -1.72. The standard InChI is InChI=1S/C10H15N5O/c1-6(2)8-11-5-14-9(12-8)13-10(16)15(14)7(3)4/h5-7H,1-4H3. The lowest BCUT2D eigenvalue weighted by molar-refractivity contribution is 0.479. The van der Waals surface area contributed by atoms with Gasteiger partial charge in [-0.25, -0.2) is 19.0 Å². The van der Waals surface area contributed by atoms with Crippen LogP contribution in [0.15, 0.2) is 11.1 Å². The van der Waals surface area contributed by atoms with Gasteiger partial charge in [-0.2, -0.15) is 9.97 Å². The van der Waals surface area contributed by atoms with Crippen molar-refractivity contribution in [1.82, 2.24) is 24.1 Å². The second-order valence-electron chi connectivity index (χ2n) is 4.35. The Bertz CT molecular complexity index is 566. The Morgan fingerprint density at radius 3 is 2.44 bits per heavy atom. The molecule has 2 heterocycles. The van der Waals surface area contributed by atoms with E-state index in [0.717, 1.165) is 0 Å². The van der Waals surface area contributed by atoms with Gasteiger partial charge >= 0.3 is 5.69 Å². The molecule has 2 rings (SSSR count). The van der Waals surface area contributed by atoms with E-state index in [0.29, 0.717) is 11.6 Å². The molecule has 0 amide bonds. The highest BCUT2D eigenvalue weighted by Gasteiger charge is 2.12. The third-order valence-corrected chi connectivity index (χ3v) is 2.35. The minimum absolute atomic E-state index is 0.0380. The predicted octanol–water partition coefficient (Wildman–Crippen LogP) is 0.990. The number of fused-ring (bicyclic) bond motifs is 1. The number of nitrogens with zero attached hydrogens (tertiary/aromatic N) is 5. The highest BCUT2D eigenvalue weighted by molar-refractivity contribution is 5.24. The molecule has 6 heteroatoms. The summed E-state index contributed by atoms with van der Waals surface area (Å²) in [5.74, 6) is 1.34. The average Bonchev–Trinajstić information content (AvgIpc) is 2.51. The molecule has 0 bridgehead atoms. The lowest BCUT2D eigenvalue weighted by Gasteiger charge is -2.08. The SMILES string of the molecule is CC(C)c1ncn2c(n1)nc(=O)n2C(C)C. The van der Waals surface area contributed by atoms with Crippen molar-refractivity contribution in [2.75, 3.05) is 0 Å². The fourth-order valence-electron chi connectivity index (χ4n) is 1.55. The van der Waals surface area contributed by atoms with Gasteiger partial charge in [0.05, 0.1) is 6.04 Å². The average molecular weight is 221 g/mol. The summed E-state index contributed by atoms with van der Waals surface area (Å²) in [7, 11) is 0. The van der Waals surface area contributed by atoms with Gasteiger partial charge in [0.1, 0.15) is 12.2 Å². The molecule has 0 aliphatic heterocycles. The van der Waals surface area contributed by atoms with Gasteiger partial charge in [-0.3, -0.25) is 0 Å². The van der Waals surface area contributed by atoms with Crippen LogP contribution in [0.1, 0.15) is 45.5 Å². The minimum atomic E-state index is -0.287. The molecule has 0 aliphatic carbocycles. The van der Waals surface area contributed by atoms with Gasteiger partial charge in [0.25, 0.3) is 5.78 Å². The summed E-state index contributed by atoms with van der Waals surface area (Å²) in [4.78, 5) is 24.0. The molecule has 0 fully saturated rings. The quantitative estimate of drug-likeness (QED) is 0.758. The topological polar surface area (TPSA) is 65.1 Å². The highest BCUT2D eigenvalue weighted by Crippen LogP contribution is 2.08. The summed E-state index contributed by atoms with van der Waals surface area (Å²) in [5.41, 5.74) is -0.287. The van der Waals surface area contributed by atoms with E-state index in [4.69, 9.17) is 0 Å². The molecule has 86 valence electrons. The van der Waals surface area contributed by atoms with E-state index in [9.17, 15) is 4.79 Å². The Balaban J connectivity index is 2.70. The van der Waals surface area contributed by atoms with E-state index in [1.165, 1.54) is 4.68 Å². The molecule has 0 unspecified atom stereocenters. The molecule has 16 heavy (non-hydrogen) atoms. The third-order valence-electron chi connectivity index (χ3n) is 2.35. The van der Waals surface area contributed by atoms with Crippen LogP contribution in [0.3, 0.4) is 0 Å². The van der Waals surface area contributed by atoms with E-state index < -0.39 is 0 Å². The van der Waals surface area contributed by atoms with Crippen LogP contribution in [0, 0.1) is 0 Å². The molecular weight excluding hydrogens is 206 g/mol. The Kier molecular flexibility index (Phi) is 2.49. The van der Waals surface area contributed by atoms with Gasteiger partial charge in [-0.15, -0.1) is 0 Å². The van der Waals surface area contributed by atoms with E-state index in [-0.39, 0.29) is 17.6 Å². The van der Waals surface area contributed by atoms with E-state index in [2.05, 4.69) is 15.0 Å². The summed E-state index contributed by atoms with van der Waals surface area (Å²) in [5, 5.41) is 0. The van der Waals surface area contributed by atoms with Gasteiger partial charge in [0.2, 0.25) is 0 Å². The first-order chi connectivity index (χ1) is 7.50. The molecule has 0 aliphatic rings. The first kappa shape index (κ1) is 10.8. The van der Waals surface area contributed by atoms with Gasteiger partial charge < -0.3 is 0 Å². The van der Waals surface area contributed by atoms with Crippen molar-refractivity contribution >= 4 is 5.78 Å². The fourth-order valence-corrected chi connectivity index (χ4v) is 1.55. The zero-order chi connectivity index (χ0) is 11.9. The van der Waals surface area contributed by atoms with Crippen LogP contribution in [0.4, 0.5) is 0 Å². The molecule has 0 saturated heterocycles. The summed E-state index contributed by atoms with van der Waals surface area (Å²) in [6.07, 6.45) is 1.60. The molecule has 0 aromatic carbocycles. The van der Waals surface area contributed by atoms with Crippen molar-refractivity contribution in [3.63, 3.8) is 0 Å². The van der Waals surface area contributed by atoms with E-state index >= 15 is 0 Å². The van der Waals surface area contributed by atoms with Crippen LogP contribution in [-0.2, 0) is 0 Å². The maximum atomic E-state index is 11.6. The van der Waals surface area contributed by atoms with Gasteiger partial charge in [0, 0.05) is 5.92 Å². The lowest BCUT2D eigenvalue weighted by atomic mass is 10.2. The van der Waals surface area contributed by atoms with E-state index in [1.807, 2.05) is 27.7 Å². The zero-order valence-corrected chi connectivity index (χ0v) is 9.88. The number of aromatic nitrogens is 5. The van der Waals surface area contributed by atoms with Crippen molar-refractivity contribution < 1.29 is 0 Å². The molecule has 0 radical (unpaired) electrons. The Labute approximate surface area is 93.0 Å². The van der Waals surface area contributed by atoms with Gasteiger partial charge in [0.15, 0.2) is 0 Å². The highest BCUT2D eigenvalue weighted by atomic mass is 16.2. The fraction of sp³-hybridized carbons (Fsp3) is 0.600. The van der Waals surface area contributed by atoms with E-state index in [1.54, 1.807) is 10.8 Å². The number of hydrogen-bond acceptors (Lipinski definition) is 4. The van der Waals surface area contributed by atoms with Crippen LogP contribution in [0.5, 0.6) is 0 Å². The zero-order valence-electron chi connectivity index (χ0n) is 9.88. The smallest absolute Gasteiger partial charge is 0.244 e. The first-order valence-corrected chi connectivity index (χ1v) is 5.34. The summed E-state index contributed by atoms with van der Waals surface area (Å²) >= 11 is 0. The second kappa shape index (κ2) is 3.70. The number of rotatable bonds is 2. The van der Waals surface area contributed by atoms with Crippen molar-refractivity contribution in [2.24, 2.45) is 0 Å². The van der Waals surface area contributed by atoms with Crippen LogP contribution in [0.25, 0.3) is 5.78 Å². The lowest BCUT2D eigenvalue weighted by Crippen LogP contribution is -2.22. The van der Waals surface area contributed by atoms with Gasteiger partial charge in [-0.1, -0.05) is 13.8 Å². The summed E-state index contributed by atoms with van der Waals surface area (Å²) in [6.45, 7) is 7.85. The summed E-state index contributed by atoms with van der Waals surface area (Å²) in [6, 6.07) is 0.0380. The van der Waals surface area contributed by atoms with Crippen LogP contribution in [0.2, 0.25) is 0 Å². The largest absolute Gasteiger partial charge is 0.366 e. The number of hydrogen-bond donors (Lipinski definition) is 0. The van der Waals surface area contributed by atoms with Crippen molar-refractivity contribution in [1.29, 1.82) is 0 Å². The second-order valence-corrected chi connectivity index (χ2v) is 4.35. The maximum absolute atomic E-state index is 11.6. The maximum Gasteiger partial charge on any atom is 0.366 e. The monoisotopic (exact) mass is 221 g/mol. The molecule has 2 aromatic rings. The molecule has 0 N–H and O–H groups in total. The van der Waals surface area contributed by atoms with Crippen LogP contribution in [-0.4, -0.2) is 24.1 Å². The molecule has 0 atom stereocenters. The Morgan fingerprint density at radius 2 is 1.88 bits per heavy atom. The van der Waals surface area contributed by atoms with Crippen molar-refractivity contribution in [2.45, 2.75) is 39.7 Å². The van der Waals surface area contributed by atoms with Gasteiger partial charge in [-0.05, 0) is 13.8 Å². The molecule has 0 saturated carbocycles. The van der Waals surface area contributed by atoms with Crippen molar-refractivity contribution in [3.05, 3.63) is 22.6 Å². The van der Waals surface area contributed by atoms with Crippen molar-refractivity contribution in [3.8, 4) is 0 Å². The molecule has 6 nitrogen and oxygen atoms in total. The molecule has 2 aromatic heterocycles. The normalized spacial score (nSPS) is 11.9. The summed E-state index contributed by atoms with van der Waals surface area (Å²) < 4.78 is 3.12.